The number of hydrogen-bond donors (Lipinski definition) is 2. The molecule has 0 saturated carbocycles. The second-order valence-corrected chi connectivity index (χ2v) is 8.87. The van der Waals surface area contributed by atoms with Crippen LogP contribution in [0.2, 0.25) is 0 Å². The van der Waals surface area contributed by atoms with Crippen LogP contribution in [0.15, 0.2) is 70.9 Å². The molecule has 2 N–H and O–H groups in total. The number of benzene rings is 2. The van der Waals surface area contributed by atoms with Gasteiger partial charge >= 0.3 is 0 Å². The summed E-state index contributed by atoms with van der Waals surface area (Å²) in [5.74, 6) is 0. The molecule has 24 heavy (non-hydrogen) atoms. The normalized spacial score (nSPS) is 28.8. The van der Waals surface area contributed by atoms with Crippen LogP contribution in [0.25, 0.3) is 0 Å². The molecule has 0 aliphatic carbocycles. The number of hydrogen-bond acceptors (Lipinski definition) is 6. The molecule has 122 valence electrons. The van der Waals surface area contributed by atoms with Crippen molar-refractivity contribution in [3.8, 4) is 0 Å². The van der Waals surface area contributed by atoms with Gasteiger partial charge in [0.2, 0.25) is 0 Å². The molecule has 0 bridgehead atoms. The fourth-order valence-electron chi connectivity index (χ4n) is 2.61. The van der Waals surface area contributed by atoms with Crippen molar-refractivity contribution >= 4 is 33.6 Å². The van der Waals surface area contributed by atoms with Crippen LogP contribution in [-0.4, -0.2) is 19.8 Å². The van der Waals surface area contributed by atoms with Crippen molar-refractivity contribution in [1.29, 1.82) is 0 Å². The minimum atomic E-state index is -0.303. The van der Waals surface area contributed by atoms with Gasteiger partial charge in [-0.2, -0.15) is 10.2 Å². The molecular formula is C18H18N4S2. The van der Waals surface area contributed by atoms with Gasteiger partial charge in [-0.15, -0.1) is 0 Å². The van der Waals surface area contributed by atoms with E-state index in [-0.39, 0.29) is 9.74 Å². The summed E-state index contributed by atoms with van der Waals surface area (Å²) in [6, 6.07) is 20.5. The lowest BCUT2D eigenvalue weighted by Gasteiger charge is -2.38. The maximum absolute atomic E-state index is 4.57. The third-order valence-corrected chi connectivity index (χ3v) is 7.28. The highest BCUT2D eigenvalue weighted by Crippen LogP contribution is 2.48. The summed E-state index contributed by atoms with van der Waals surface area (Å²) in [7, 11) is 0. The van der Waals surface area contributed by atoms with Crippen LogP contribution >= 0.6 is 23.5 Å². The fraction of sp³-hybridized carbons (Fsp3) is 0.222. The van der Waals surface area contributed by atoms with E-state index in [4.69, 9.17) is 0 Å². The Morgan fingerprint density at radius 1 is 0.667 bits per heavy atom. The zero-order valence-electron chi connectivity index (χ0n) is 13.5. The third kappa shape index (κ3) is 2.59. The first-order valence-corrected chi connectivity index (χ1v) is 9.42. The van der Waals surface area contributed by atoms with E-state index < -0.39 is 0 Å². The van der Waals surface area contributed by atoms with Gasteiger partial charge in [0, 0.05) is 11.1 Å². The Morgan fingerprint density at radius 3 is 1.42 bits per heavy atom. The van der Waals surface area contributed by atoms with E-state index in [1.54, 1.807) is 23.5 Å². The average molecular weight is 355 g/mol. The summed E-state index contributed by atoms with van der Waals surface area (Å²) >= 11 is 3.48. The topological polar surface area (TPSA) is 48.8 Å². The van der Waals surface area contributed by atoms with Crippen molar-refractivity contribution in [2.24, 2.45) is 10.2 Å². The van der Waals surface area contributed by atoms with Crippen molar-refractivity contribution < 1.29 is 0 Å². The summed E-state index contributed by atoms with van der Waals surface area (Å²) in [4.78, 5) is -0.605. The number of rotatable bonds is 3. The largest absolute Gasteiger partial charge is 0.289 e. The Kier molecular flexibility index (Phi) is 3.81. The molecule has 4 nitrogen and oxygen atoms in total. The van der Waals surface area contributed by atoms with Crippen molar-refractivity contribution in [2.75, 3.05) is 0 Å². The Labute approximate surface area is 150 Å². The fourth-order valence-corrected chi connectivity index (χ4v) is 4.99. The van der Waals surface area contributed by atoms with Crippen LogP contribution in [0.5, 0.6) is 0 Å². The Morgan fingerprint density at radius 2 is 1.04 bits per heavy atom. The molecule has 6 heteroatoms. The number of nitrogens with zero attached hydrogens (tertiary/aromatic N) is 2. The van der Waals surface area contributed by atoms with Gasteiger partial charge in [-0.1, -0.05) is 84.2 Å². The first-order valence-electron chi connectivity index (χ1n) is 7.78. The van der Waals surface area contributed by atoms with Crippen molar-refractivity contribution in [1.82, 2.24) is 10.9 Å². The van der Waals surface area contributed by atoms with Crippen LogP contribution in [-0.2, 0) is 0 Å². The highest BCUT2D eigenvalue weighted by atomic mass is 32.2. The van der Waals surface area contributed by atoms with Gasteiger partial charge in [0.1, 0.15) is 19.8 Å². The highest BCUT2D eigenvalue weighted by Gasteiger charge is 2.53. The van der Waals surface area contributed by atoms with Gasteiger partial charge in [0.25, 0.3) is 0 Å². The lowest BCUT2D eigenvalue weighted by molar-refractivity contribution is 0.366. The summed E-state index contributed by atoms with van der Waals surface area (Å²) in [5, 5.41) is 11.2. The van der Waals surface area contributed by atoms with Gasteiger partial charge in [0.05, 0.1) is 0 Å². The van der Waals surface area contributed by atoms with E-state index >= 15 is 0 Å². The predicted octanol–water partition coefficient (Wildman–Crippen LogP) is 3.82. The Balaban J connectivity index is 1.53. The number of thioether (sulfide) groups is 2. The van der Waals surface area contributed by atoms with Crippen molar-refractivity contribution in [2.45, 2.75) is 23.6 Å². The molecule has 0 saturated heterocycles. The van der Waals surface area contributed by atoms with Crippen molar-refractivity contribution in [3.05, 3.63) is 71.8 Å². The van der Waals surface area contributed by atoms with Crippen molar-refractivity contribution in [3.63, 3.8) is 0 Å². The van der Waals surface area contributed by atoms with Crippen LogP contribution in [0.4, 0.5) is 0 Å². The first kappa shape index (κ1) is 15.6. The van der Waals surface area contributed by atoms with Crippen LogP contribution in [0, 0.1) is 0 Å². The molecule has 0 fully saturated rings. The van der Waals surface area contributed by atoms with Gasteiger partial charge in [-0.3, -0.25) is 10.9 Å². The molecule has 0 amide bonds. The quantitative estimate of drug-likeness (QED) is 0.880. The maximum Gasteiger partial charge on any atom is 0.137 e. The molecule has 2 aromatic rings. The van der Waals surface area contributed by atoms with E-state index in [0.29, 0.717) is 0 Å². The molecule has 2 atom stereocenters. The Bertz CT molecular complexity index is 737. The lowest BCUT2D eigenvalue weighted by Crippen LogP contribution is -2.57. The molecule has 0 unspecified atom stereocenters. The van der Waals surface area contributed by atoms with E-state index in [2.05, 4.69) is 59.2 Å². The number of hydrazone groups is 2. The Hall–Kier alpha value is -1.92. The minimum absolute atomic E-state index is 0.303. The molecule has 2 aliphatic heterocycles. The smallest absolute Gasteiger partial charge is 0.137 e. The minimum Gasteiger partial charge on any atom is -0.289 e. The van der Waals surface area contributed by atoms with Gasteiger partial charge in [-0.25, -0.2) is 0 Å². The van der Waals surface area contributed by atoms with E-state index in [9.17, 15) is 0 Å². The van der Waals surface area contributed by atoms with Crippen LogP contribution < -0.4 is 10.9 Å². The maximum atomic E-state index is 4.57. The first-order chi connectivity index (χ1) is 11.6. The average Bonchev–Trinajstić information content (AvgIpc) is 3.23. The van der Waals surface area contributed by atoms with Gasteiger partial charge in [0.15, 0.2) is 0 Å². The zero-order chi connectivity index (χ0) is 16.6. The van der Waals surface area contributed by atoms with E-state index in [0.717, 1.165) is 21.2 Å². The molecule has 2 heterocycles. The standard InChI is InChI=1S/C18H18N4S2/c1-17(21-19-15(23-17)13-9-5-3-6-10-13)18(2)22-20-16(24-18)14-11-7-4-8-12-14/h3-12,21-22H,1-2H3/t17-,18-/m0/s1. The van der Waals surface area contributed by atoms with Gasteiger partial charge in [-0.05, 0) is 13.8 Å². The zero-order valence-corrected chi connectivity index (χ0v) is 15.1. The van der Waals surface area contributed by atoms with Crippen LogP contribution in [0.3, 0.4) is 0 Å². The molecule has 0 radical (unpaired) electrons. The predicted molar refractivity (Wildman–Crippen MR) is 104 cm³/mol. The molecule has 4 rings (SSSR count). The molecular weight excluding hydrogens is 336 g/mol. The lowest BCUT2D eigenvalue weighted by atomic mass is 10.2. The monoisotopic (exact) mass is 354 g/mol. The summed E-state index contributed by atoms with van der Waals surface area (Å²) < 4.78 is 0. The molecule has 2 aromatic carbocycles. The van der Waals surface area contributed by atoms with Gasteiger partial charge < -0.3 is 0 Å². The van der Waals surface area contributed by atoms with E-state index in [1.807, 2.05) is 36.4 Å². The molecule has 2 aliphatic rings. The summed E-state index contributed by atoms with van der Waals surface area (Å²) in [6.45, 7) is 4.33. The van der Waals surface area contributed by atoms with Crippen LogP contribution in [0.1, 0.15) is 25.0 Å². The SMILES string of the molecule is C[C@]1([C@@]2(C)NN=C(c3ccccc3)S2)NN=C(c2ccccc2)S1. The molecule has 0 aromatic heterocycles. The second-order valence-electron chi connectivity index (χ2n) is 6.06. The van der Waals surface area contributed by atoms with E-state index in [1.165, 1.54) is 0 Å². The molecule has 0 spiro atoms. The summed E-state index contributed by atoms with van der Waals surface area (Å²) in [5.41, 5.74) is 8.93. The second kappa shape index (κ2) is 5.86. The number of nitrogens with one attached hydrogen (secondary N) is 2. The third-order valence-electron chi connectivity index (χ3n) is 4.30. The highest BCUT2D eigenvalue weighted by molar-refractivity contribution is 8.19. The summed E-state index contributed by atoms with van der Waals surface area (Å²) in [6.07, 6.45) is 0.